The molecule has 0 saturated heterocycles. The first-order valence-electron chi connectivity index (χ1n) is 8.36. The first kappa shape index (κ1) is 24.9. The lowest BCUT2D eigenvalue weighted by molar-refractivity contribution is -0.114. The van der Waals surface area contributed by atoms with Gasteiger partial charge in [0, 0.05) is 18.3 Å². The number of benzene rings is 2. The van der Waals surface area contributed by atoms with Crippen LogP contribution in [0.15, 0.2) is 46.2 Å². The number of hydrogen-bond acceptors (Lipinski definition) is 6. The van der Waals surface area contributed by atoms with Gasteiger partial charge in [-0.1, -0.05) is 46.9 Å². The average molecular weight is 580 g/mol. The van der Waals surface area contributed by atoms with Crippen molar-refractivity contribution in [3.05, 3.63) is 47.5 Å². The van der Waals surface area contributed by atoms with E-state index >= 15 is 0 Å². The fourth-order valence-corrected chi connectivity index (χ4v) is 4.13. The van der Waals surface area contributed by atoms with Gasteiger partial charge in [-0.3, -0.25) is 18.7 Å². The number of rotatable bonds is 7. The van der Waals surface area contributed by atoms with E-state index in [1.54, 1.807) is 0 Å². The van der Waals surface area contributed by atoms with Crippen LogP contribution >= 0.6 is 22.6 Å². The van der Waals surface area contributed by atoms with Crippen molar-refractivity contribution in [2.45, 2.75) is 16.7 Å². The summed E-state index contributed by atoms with van der Waals surface area (Å²) in [4.78, 5) is 21.6. The first-order valence-corrected chi connectivity index (χ1v) is 12.8. The van der Waals surface area contributed by atoms with Crippen molar-refractivity contribution in [3.63, 3.8) is 0 Å². The molecule has 0 heterocycles. The Balaban J connectivity index is 2.54. The molecular weight excluding hydrogens is 563 g/mol. The molecule has 13 heteroatoms. The van der Waals surface area contributed by atoms with Gasteiger partial charge in [-0.05, 0) is 35.4 Å². The Morgan fingerprint density at radius 2 is 1.29 bits per heavy atom. The highest BCUT2D eigenvalue weighted by Crippen LogP contribution is 2.26. The molecule has 2 aromatic rings. The van der Waals surface area contributed by atoms with Crippen LogP contribution in [0.2, 0.25) is 0 Å². The smallest absolute Gasteiger partial charge is 0.295 e. The summed E-state index contributed by atoms with van der Waals surface area (Å²) >= 11 is 1.83. The summed E-state index contributed by atoms with van der Waals surface area (Å²) in [7, 11) is -9.36. The largest absolute Gasteiger partial charge is 0.326 e. The zero-order valence-electron chi connectivity index (χ0n) is 15.9. The van der Waals surface area contributed by atoms with Crippen LogP contribution in [-0.2, 0) is 29.8 Å². The molecule has 0 fully saturated rings. The molecule has 0 radical (unpaired) electrons. The highest BCUT2D eigenvalue weighted by molar-refractivity contribution is 14.1. The van der Waals surface area contributed by atoms with Crippen LogP contribution in [-0.4, -0.2) is 42.2 Å². The highest BCUT2D eigenvalue weighted by Gasteiger charge is 2.18. The second-order valence-corrected chi connectivity index (χ2v) is 9.69. The molecule has 2 aromatic carbocycles. The van der Waals surface area contributed by atoms with Crippen LogP contribution in [0.4, 0.5) is 11.4 Å². The van der Waals surface area contributed by atoms with Crippen molar-refractivity contribution in [3.8, 4) is 0 Å². The van der Waals surface area contributed by atoms with Gasteiger partial charge >= 0.3 is 0 Å². The topological polar surface area (TPSA) is 167 Å². The number of nitrogens with one attached hydrogen (secondary N) is 2. The van der Waals surface area contributed by atoms with E-state index in [1.165, 1.54) is 43.3 Å². The quantitative estimate of drug-likeness (QED) is 0.168. The van der Waals surface area contributed by atoms with Crippen LogP contribution in [0.1, 0.15) is 18.1 Å². The molecule has 4 N–H and O–H groups in total. The monoisotopic (exact) mass is 580 g/mol. The second kappa shape index (κ2) is 9.86. The highest BCUT2D eigenvalue weighted by atomic mass is 127. The summed E-state index contributed by atoms with van der Waals surface area (Å²) in [5.74, 6) is -0.820. The van der Waals surface area contributed by atoms with Crippen LogP contribution in [0.3, 0.4) is 0 Å². The van der Waals surface area contributed by atoms with Crippen LogP contribution in [0.25, 0.3) is 12.2 Å². The van der Waals surface area contributed by atoms with Crippen molar-refractivity contribution in [1.29, 1.82) is 0 Å². The number of amides is 2. The van der Waals surface area contributed by atoms with E-state index in [4.69, 9.17) is 0 Å². The summed E-state index contributed by atoms with van der Waals surface area (Å²) in [5, 5.41) is 4.85. The van der Waals surface area contributed by atoms with Crippen molar-refractivity contribution in [2.24, 2.45) is 0 Å². The lowest BCUT2D eigenvalue weighted by Gasteiger charge is -2.09. The summed E-state index contributed by atoms with van der Waals surface area (Å²) in [6, 6.07) is 7.50. The van der Waals surface area contributed by atoms with E-state index in [9.17, 15) is 35.5 Å². The fraction of sp³-hybridized carbons (Fsp3) is 0.111. The van der Waals surface area contributed by atoms with Gasteiger partial charge in [0.05, 0.1) is 4.43 Å². The third-order valence-electron chi connectivity index (χ3n) is 3.75. The maximum absolute atomic E-state index is 11.8. The van der Waals surface area contributed by atoms with Gasteiger partial charge in [0.2, 0.25) is 11.8 Å². The molecule has 166 valence electrons. The van der Waals surface area contributed by atoms with Gasteiger partial charge < -0.3 is 10.6 Å². The van der Waals surface area contributed by atoms with E-state index in [2.05, 4.69) is 10.6 Å². The number of hydrogen-bond donors (Lipinski definition) is 4. The molecule has 0 saturated carbocycles. The number of anilines is 2. The van der Waals surface area contributed by atoms with Crippen molar-refractivity contribution in [2.75, 3.05) is 15.1 Å². The molecule has 0 aromatic heterocycles. The summed E-state index contributed by atoms with van der Waals surface area (Å²) in [5.41, 5.74) is 0.276. The van der Waals surface area contributed by atoms with Gasteiger partial charge in [-0.25, -0.2) is 0 Å². The standard InChI is InChI=1S/C18H17IN2O8S2/c1-11(22)20-14-6-4-12(16(8-14)30(24,25)26)2-3-13-5-7-15(21-18(23)10-19)9-17(13)31(27,28)29/h2-9H,10H2,1H3,(H,20,22)(H,21,23)(H,24,25,26)(H,27,28,29)/b3-2+. The fourth-order valence-electron chi connectivity index (χ4n) is 2.52. The van der Waals surface area contributed by atoms with E-state index in [0.29, 0.717) is 0 Å². The summed E-state index contributed by atoms with van der Waals surface area (Å²) in [6.45, 7) is 1.23. The third-order valence-corrected chi connectivity index (χ3v) is 6.26. The van der Waals surface area contributed by atoms with E-state index < -0.39 is 35.9 Å². The minimum absolute atomic E-state index is 0.000168. The molecule has 0 bridgehead atoms. The average Bonchev–Trinajstić information content (AvgIpc) is 2.65. The Kier molecular flexibility index (Phi) is 7.93. The van der Waals surface area contributed by atoms with E-state index in [-0.39, 0.29) is 32.8 Å². The molecule has 31 heavy (non-hydrogen) atoms. The van der Waals surface area contributed by atoms with Gasteiger partial charge in [0.1, 0.15) is 9.79 Å². The Morgan fingerprint density at radius 3 is 1.65 bits per heavy atom. The number of alkyl halides is 1. The Labute approximate surface area is 192 Å². The molecule has 0 aliphatic rings. The minimum Gasteiger partial charge on any atom is -0.326 e. The number of carbonyl (C=O) groups excluding carboxylic acids is 2. The third kappa shape index (κ3) is 7.10. The maximum atomic E-state index is 11.8. The predicted molar refractivity (Wildman–Crippen MR) is 123 cm³/mol. The van der Waals surface area contributed by atoms with Crippen LogP contribution < -0.4 is 10.6 Å². The zero-order valence-corrected chi connectivity index (χ0v) is 19.7. The molecule has 0 aliphatic heterocycles. The Morgan fingerprint density at radius 1 is 0.871 bits per heavy atom. The van der Waals surface area contributed by atoms with E-state index in [1.807, 2.05) is 22.6 Å². The zero-order chi connectivity index (χ0) is 23.4. The first-order chi connectivity index (χ1) is 14.3. The molecule has 0 unspecified atom stereocenters. The molecule has 0 atom stereocenters. The van der Waals surface area contributed by atoms with Gasteiger partial charge in [0.25, 0.3) is 20.2 Å². The predicted octanol–water partition coefficient (Wildman–Crippen LogP) is 2.68. The van der Waals surface area contributed by atoms with E-state index in [0.717, 1.165) is 12.1 Å². The van der Waals surface area contributed by atoms with Gasteiger partial charge in [-0.15, -0.1) is 0 Å². The summed E-state index contributed by atoms with van der Waals surface area (Å²) < 4.78 is 66.2. The molecule has 0 spiro atoms. The van der Waals surface area contributed by atoms with Crippen LogP contribution in [0.5, 0.6) is 0 Å². The Bertz CT molecular complexity index is 1270. The van der Waals surface area contributed by atoms with Gasteiger partial charge in [-0.2, -0.15) is 16.8 Å². The molecule has 0 aliphatic carbocycles. The lowest BCUT2D eigenvalue weighted by Crippen LogP contribution is -2.13. The van der Waals surface area contributed by atoms with Crippen molar-refractivity contribution < 1.29 is 35.5 Å². The SMILES string of the molecule is CC(=O)Nc1ccc(/C=C/c2ccc(NC(=O)CI)cc2S(=O)(=O)O)c(S(=O)(=O)O)c1. The molecule has 2 rings (SSSR count). The Hall–Kier alpha value is -2.33. The summed E-state index contributed by atoms with van der Waals surface area (Å²) in [6.07, 6.45) is 2.43. The number of carbonyl (C=O) groups is 2. The van der Waals surface area contributed by atoms with Crippen molar-refractivity contribution in [1.82, 2.24) is 0 Å². The molecular formula is C18H17IN2O8S2. The molecule has 2 amide bonds. The molecule has 10 nitrogen and oxygen atoms in total. The van der Waals surface area contributed by atoms with Gasteiger partial charge in [0.15, 0.2) is 0 Å². The normalized spacial score (nSPS) is 12.0. The minimum atomic E-state index is -4.68. The lowest BCUT2D eigenvalue weighted by atomic mass is 10.1. The number of halogens is 1. The second-order valence-electron chi connectivity index (χ2n) is 6.15. The van der Waals surface area contributed by atoms with Crippen LogP contribution in [0, 0.1) is 0 Å². The van der Waals surface area contributed by atoms with Crippen molar-refractivity contribution >= 4 is 78.2 Å². The maximum Gasteiger partial charge on any atom is 0.295 e.